The molecule has 3 aliphatic rings. The predicted molar refractivity (Wildman–Crippen MR) is 120 cm³/mol. The van der Waals surface area contributed by atoms with Gasteiger partial charge in [-0.25, -0.2) is 4.79 Å². The number of hydrogen-bond donors (Lipinski definition) is 2. The number of piperidine rings is 1. The smallest absolute Gasteiger partial charge is 0.343 e. The van der Waals surface area contributed by atoms with E-state index in [4.69, 9.17) is 4.74 Å². The van der Waals surface area contributed by atoms with Crippen molar-refractivity contribution in [3.8, 4) is 0 Å². The third-order valence-electron chi connectivity index (χ3n) is 6.22. The van der Waals surface area contributed by atoms with E-state index in [1.165, 1.54) is 11.1 Å². The summed E-state index contributed by atoms with van der Waals surface area (Å²) in [5, 5.41) is 12.8. The van der Waals surface area contributed by atoms with Crippen molar-refractivity contribution >= 4 is 35.6 Å². The van der Waals surface area contributed by atoms with E-state index in [1.54, 1.807) is 18.2 Å². The Morgan fingerprint density at radius 1 is 1.06 bits per heavy atom. The zero-order valence-electron chi connectivity index (χ0n) is 18.1. The van der Waals surface area contributed by atoms with Gasteiger partial charge < -0.3 is 14.7 Å². The molecule has 9 nitrogen and oxygen atoms in total. The fourth-order valence-electron chi connectivity index (χ4n) is 4.44. The Morgan fingerprint density at radius 2 is 1.85 bits per heavy atom. The summed E-state index contributed by atoms with van der Waals surface area (Å²) < 4.78 is 5.49. The summed E-state index contributed by atoms with van der Waals surface area (Å²) in [5.41, 5.74) is 2.20. The highest BCUT2D eigenvalue weighted by atomic mass is 16.5. The summed E-state index contributed by atoms with van der Waals surface area (Å²) in [7, 11) is 0. The van der Waals surface area contributed by atoms with Crippen molar-refractivity contribution in [2.75, 3.05) is 0 Å². The molecule has 0 spiro atoms. The number of nitrogens with one attached hydrogen (secondary N) is 1. The molecule has 0 bridgehead atoms. The zero-order valence-corrected chi connectivity index (χ0v) is 18.1. The average Bonchev–Trinajstić information content (AvgIpc) is 3.16. The van der Waals surface area contributed by atoms with E-state index in [-0.39, 0.29) is 49.0 Å². The van der Waals surface area contributed by atoms with Crippen LogP contribution in [0, 0.1) is 0 Å². The van der Waals surface area contributed by atoms with Crippen molar-refractivity contribution in [2.45, 2.75) is 38.0 Å². The molecule has 2 atom stereocenters. The fraction of sp³-hybridized carbons (Fsp3) is 0.240. The van der Waals surface area contributed by atoms with Crippen LogP contribution in [0.4, 0.5) is 5.69 Å². The number of imide groups is 1. The number of cyclic esters (lactones) is 1. The first-order valence-corrected chi connectivity index (χ1v) is 10.9. The molecule has 2 aromatic rings. The standard InChI is InChI=1S/C25H21N3O6/c29-20-11-21(14-5-2-1-3-6-14)34-25(33)16(20)12-26-18-8-4-7-15-17(18)13-28(24(15)32)19-9-10-22(30)27-23(19)31/h1-8,12,19,21,29H,9-11,13H2,(H,27,30,31). The van der Waals surface area contributed by atoms with Crippen LogP contribution in [0.15, 0.2) is 64.9 Å². The van der Waals surface area contributed by atoms with Gasteiger partial charge in [0.1, 0.15) is 23.5 Å². The summed E-state index contributed by atoms with van der Waals surface area (Å²) in [6.07, 6.45) is 1.23. The maximum atomic E-state index is 12.9. The molecule has 2 N–H and O–H groups in total. The molecule has 3 heterocycles. The van der Waals surface area contributed by atoms with E-state index >= 15 is 0 Å². The first-order valence-electron chi connectivity index (χ1n) is 10.9. The van der Waals surface area contributed by atoms with Crippen LogP contribution in [0.1, 0.15) is 46.9 Å². The Bertz CT molecular complexity index is 1270. The third kappa shape index (κ3) is 3.85. The van der Waals surface area contributed by atoms with E-state index in [0.717, 1.165) is 5.56 Å². The first-order chi connectivity index (χ1) is 16.4. The van der Waals surface area contributed by atoms with Crippen LogP contribution < -0.4 is 5.32 Å². The summed E-state index contributed by atoms with van der Waals surface area (Å²) in [4.78, 5) is 55.0. The number of hydrogen-bond acceptors (Lipinski definition) is 7. The lowest BCUT2D eigenvalue weighted by molar-refractivity contribution is -0.146. The van der Waals surface area contributed by atoms with E-state index in [9.17, 15) is 24.3 Å². The zero-order chi connectivity index (χ0) is 23.8. The Kier molecular flexibility index (Phi) is 5.45. The molecule has 1 saturated heterocycles. The topological polar surface area (TPSA) is 125 Å². The minimum Gasteiger partial charge on any atom is -0.511 e. The van der Waals surface area contributed by atoms with Gasteiger partial charge in [-0.1, -0.05) is 36.4 Å². The van der Waals surface area contributed by atoms with Gasteiger partial charge in [0.25, 0.3) is 5.91 Å². The number of esters is 1. The lowest BCUT2D eigenvalue weighted by Gasteiger charge is -2.29. The molecule has 3 amide bonds. The number of aliphatic imine (C=N–C) groups is 1. The number of ether oxygens (including phenoxy) is 1. The molecule has 0 aliphatic carbocycles. The normalized spacial score (nSPS) is 22.8. The van der Waals surface area contributed by atoms with Crippen LogP contribution in [-0.4, -0.2) is 46.0 Å². The monoisotopic (exact) mass is 459 g/mol. The van der Waals surface area contributed by atoms with Crippen LogP contribution in [0.3, 0.4) is 0 Å². The summed E-state index contributed by atoms with van der Waals surface area (Å²) in [6, 6.07) is 13.4. The van der Waals surface area contributed by atoms with Crippen molar-refractivity contribution in [1.29, 1.82) is 0 Å². The maximum absolute atomic E-state index is 12.9. The minimum atomic E-state index is -0.732. The molecule has 0 radical (unpaired) electrons. The number of carbonyl (C=O) groups is 4. The highest BCUT2D eigenvalue weighted by Crippen LogP contribution is 2.35. The fourth-order valence-corrected chi connectivity index (χ4v) is 4.44. The van der Waals surface area contributed by atoms with Crippen molar-refractivity contribution in [2.24, 2.45) is 4.99 Å². The molecule has 0 saturated carbocycles. The van der Waals surface area contributed by atoms with Crippen molar-refractivity contribution in [3.05, 3.63) is 76.6 Å². The molecule has 3 aliphatic heterocycles. The van der Waals surface area contributed by atoms with Crippen LogP contribution >= 0.6 is 0 Å². The summed E-state index contributed by atoms with van der Waals surface area (Å²) in [5.74, 6) is -1.96. The van der Waals surface area contributed by atoms with Gasteiger partial charge in [0, 0.05) is 36.7 Å². The number of carbonyl (C=O) groups excluding carboxylic acids is 4. The number of amides is 3. The molecule has 5 rings (SSSR count). The largest absolute Gasteiger partial charge is 0.511 e. The van der Waals surface area contributed by atoms with Gasteiger partial charge in [-0.15, -0.1) is 0 Å². The van der Waals surface area contributed by atoms with Gasteiger partial charge in [-0.2, -0.15) is 0 Å². The van der Waals surface area contributed by atoms with Gasteiger partial charge in [0.15, 0.2) is 0 Å². The molecule has 34 heavy (non-hydrogen) atoms. The second-order valence-corrected chi connectivity index (χ2v) is 8.33. The van der Waals surface area contributed by atoms with Crippen LogP contribution in [0.25, 0.3) is 0 Å². The number of rotatable bonds is 4. The van der Waals surface area contributed by atoms with E-state index in [1.807, 2.05) is 30.3 Å². The van der Waals surface area contributed by atoms with E-state index in [0.29, 0.717) is 16.8 Å². The minimum absolute atomic E-state index is 0.0452. The Hall–Kier alpha value is -4.27. The van der Waals surface area contributed by atoms with Crippen molar-refractivity contribution < 1.29 is 29.0 Å². The first kappa shape index (κ1) is 21.6. The Balaban J connectivity index is 1.38. The van der Waals surface area contributed by atoms with Crippen LogP contribution in [0.5, 0.6) is 0 Å². The predicted octanol–water partition coefficient (Wildman–Crippen LogP) is 2.65. The molecular formula is C25H21N3O6. The van der Waals surface area contributed by atoms with Gasteiger partial charge in [-0.05, 0) is 24.1 Å². The molecule has 2 unspecified atom stereocenters. The molecule has 0 aromatic heterocycles. The number of fused-ring (bicyclic) bond motifs is 1. The molecular weight excluding hydrogens is 438 g/mol. The second-order valence-electron chi connectivity index (χ2n) is 8.33. The van der Waals surface area contributed by atoms with Gasteiger partial charge in [-0.3, -0.25) is 24.7 Å². The number of nitrogens with zero attached hydrogens (tertiary/aromatic N) is 2. The van der Waals surface area contributed by atoms with Gasteiger partial charge in [0.2, 0.25) is 11.8 Å². The number of aliphatic hydroxyl groups excluding tert-OH is 1. The average molecular weight is 459 g/mol. The number of aliphatic hydroxyl groups is 1. The third-order valence-corrected chi connectivity index (χ3v) is 6.22. The molecule has 9 heteroatoms. The van der Waals surface area contributed by atoms with Crippen LogP contribution in [-0.2, 0) is 25.7 Å². The van der Waals surface area contributed by atoms with Gasteiger partial charge >= 0.3 is 5.97 Å². The quantitative estimate of drug-likeness (QED) is 0.411. The van der Waals surface area contributed by atoms with Gasteiger partial charge in [0.05, 0.1) is 5.69 Å². The molecule has 2 aromatic carbocycles. The lowest BCUT2D eigenvalue weighted by atomic mass is 10.0. The molecule has 1 fully saturated rings. The van der Waals surface area contributed by atoms with E-state index in [2.05, 4.69) is 10.3 Å². The van der Waals surface area contributed by atoms with Crippen molar-refractivity contribution in [1.82, 2.24) is 10.2 Å². The van der Waals surface area contributed by atoms with Crippen LogP contribution in [0.2, 0.25) is 0 Å². The second kappa shape index (κ2) is 8.58. The Morgan fingerprint density at radius 3 is 2.59 bits per heavy atom. The lowest BCUT2D eigenvalue weighted by Crippen LogP contribution is -2.52. The SMILES string of the molecule is O=C1CCC(N2Cc3c(N=CC4=C(O)CC(c5ccccc5)OC4=O)cccc3C2=O)C(=O)N1. The molecule has 172 valence electrons. The van der Waals surface area contributed by atoms with Crippen molar-refractivity contribution in [3.63, 3.8) is 0 Å². The number of benzene rings is 2. The van der Waals surface area contributed by atoms with E-state index < -0.39 is 24.0 Å². The highest BCUT2D eigenvalue weighted by molar-refractivity contribution is 6.11. The Labute approximate surface area is 194 Å². The maximum Gasteiger partial charge on any atom is 0.343 e. The highest BCUT2D eigenvalue weighted by Gasteiger charge is 2.40. The summed E-state index contributed by atoms with van der Waals surface area (Å²) in [6.45, 7) is 0.152. The summed E-state index contributed by atoms with van der Waals surface area (Å²) >= 11 is 0.